The Bertz CT molecular complexity index is 735. The smallest absolute Gasteiger partial charge is 0.416 e. The van der Waals surface area contributed by atoms with Gasteiger partial charge in [-0.3, -0.25) is 14.7 Å². The molecule has 1 aliphatic rings. The van der Waals surface area contributed by atoms with Gasteiger partial charge in [0.1, 0.15) is 11.5 Å². The van der Waals surface area contributed by atoms with Crippen molar-refractivity contribution < 1.29 is 22.7 Å². The van der Waals surface area contributed by atoms with Gasteiger partial charge in [-0.1, -0.05) is 24.8 Å². The number of ketones is 1. The molecular formula is C21H27F3N2O2. The zero-order chi connectivity index (χ0) is 20.9. The highest BCUT2D eigenvalue weighted by molar-refractivity contribution is 6.01. The van der Waals surface area contributed by atoms with Crippen LogP contribution in [0.3, 0.4) is 0 Å². The molecule has 1 unspecified atom stereocenters. The molecule has 154 valence electrons. The minimum absolute atomic E-state index is 0.000502. The summed E-state index contributed by atoms with van der Waals surface area (Å²) in [5.41, 5.74) is 0.0789. The Labute approximate surface area is 164 Å². The first-order chi connectivity index (χ1) is 13.2. The fraction of sp³-hybridized carbons (Fsp3) is 0.524. The number of benzene rings is 1. The second-order valence-corrected chi connectivity index (χ2v) is 7.02. The maximum absolute atomic E-state index is 13.1. The average Bonchev–Trinajstić information content (AvgIpc) is 2.67. The van der Waals surface area contributed by atoms with E-state index in [4.69, 9.17) is 4.74 Å². The van der Waals surface area contributed by atoms with Crippen LogP contribution in [-0.2, 0) is 22.1 Å². The predicted octanol–water partition coefficient (Wildman–Crippen LogP) is 4.15. The number of likely N-dealkylation sites (tertiary alicyclic amines) is 1. The van der Waals surface area contributed by atoms with Crippen molar-refractivity contribution in [3.05, 3.63) is 47.7 Å². The first-order valence-corrected chi connectivity index (χ1v) is 9.30. The summed E-state index contributed by atoms with van der Waals surface area (Å²) in [4.78, 5) is 19.1. The van der Waals surface area contributed by atoms with E-state index in [0.717, 1.165) is 11.8 Å². The van der Waals surface area contributed by atoms with Crippen LogP contribution in [0.4, 0.5) is 13.2 Å². The van der Waals surface area contributed by atoms with E-state index in [1.165, 1.54) is 18.2 Å². The van der Waals surface area contributed by atoms with Crippen molar-refractivity contribution in [2.75, 3.05) is 27.2 Å². The molecule has 0 aliphatic carbocycles. The summed E-state index contributed by atoms with van der Waals surface area (Å²) in [6.07, 6.45) is -3.39. The summed E-state index contributed by atoms with van der Waals surface area (Å²) in [5.74, 6) is 0.157. The van der Waals surface area contributed by atoms with Gasteiger partial charge in [0.25, 0.3) is 0 Å². The van der Waals surface area contributed by atoms with Crippen molar-refractivity contribution in [2.24, 2.45) is 10.9 Å². The molecule has 28 heavy (non-hydrogen) atoms. The van der Waals surface area contributed by atoms with E-state index >= 15 is 0 Å². The van der Waals surface area contributed by atoms with Gasteiger partial charge in [0.2, 0.25) is 0 Å². The quantitative estimate of drug-likeness (QED) is 0.514. The number of Topliss-reactive ketones (excluding diaryl/α,β-unsaturated/α-hetero) is 1. The van der Waals surface area contributed by atoms with E-state index in [2.05, 4.69) is 16.5 Å². The molecule has 1 saturated heterocycles. The van der Waals surface area contributed by atoms with Crippen LogP contribution in [0.15, 0.2) is 41.6 Å². The number of hydrogen-bond acceptors (Lipinski definition) is 4. The zero-order valence-corrected chi connectivity index (χ0v) is 16.6. The summed E-state index contributed by atoms with van der Waals surface area (Å²) < 4.78 is 44.6. The van der Waals surface area contributed by atoms with Gasteiger partial charge in [-0.05, 0) is 44.5 Å². The van der Waals surface area contributed by atoms with Crippen molar-refractivity contribution in [1.82, 2.24) is 4.90 Å². The molecule has 1 aliphatic heterocycles. The lowest BCUT2D eigenvalue weighted by Crippen LogP contribution is -2.45. The van der Waals surface area contributed by atoms with Gasteiger partial charge < -0.3 is 4.74 Å². The van der Waals surface area contributed by atoms with E-state index in [-0.39, 0.29) is 29.7 Å². The van der Waals surface area contributed by atoms with E-state index in [9.17, 15) is 18.0 Å². The maximum Gasteiger partial charge on any atom is 0.416 e. The molecule has 1 fully saturated rings. The predicted molar refractivity (Wildman–Crippen MR) is 103 cm³/mol. The van der Waals surface area contributed by atoms with Gasteiger partial charge in [-0.2, -0.15) is 13.2 Å². The molecule has 0 saturated carbocycles. The highest BCUT2D eigenvalue weighted by Gasteiger charge is 2.35. The van der Waals surface area contributed by atoms with Crippen molar-refractivity contribution in [2.45, 2.75) is 38.4 Å². The fourth-order valence-corrected chi connectivity index (χ4v) is 3.71. The number of methoxy groups -OCH3 is 1. The molecule has 1 aromatic carbocycles. The van der Waals surface area contributed by atoms with Gasteiger partial charge in [-0.25, -0.2) is 0 Å². The number of alkyl halides is 3. The van der Waals surface area contributed by atoms with Crippen LogP contribution < -0.4 is 0 Å². The Morgan fingerprint density at radius 2 is 1.93 bits per heavy atom. The Balaban J connectivity index is 1.99. The zero-order valence-electron chi connectivity index (χ0n) is 16.6. The summed E-state index contributed by atoms with van der Waals surface area (Å²) in [6, 6.07) is 5.30. The fourth-order valence-electron chi connectivity index (χ4n) is 3.71. The molecule has 7 heteroatoms. The molecule has 0 spiro atoms. The Kier molecular flexibility index (Phi) is 7.41. The van der Waals surface area contributed by atoms with Gasteiger partial charge in [0.05, 0.1) is 24.4 Å². The van der Waals surface area contributed by atoms with Crippen LogP contribution in [0.5, 0.6) is 0 Å². The third-order valence-electron chi connectivity index (χ3n) is 5.39. The maximum atomic E-state index is 13.1. The highest BCUT2D eigenvalue weighted by Crippen LogP contribution is 2.33. The summed E-state index contributed by atoms with van der Waals surface area (Å²) in [6.45, 7) is 7.21. The molecular weight excluding hydrogens is 369 g/mol. The second kappa shape index (κ2) is 9.37. The normalized spacial score (nSPS) is 18.0. The molecule has 0 amide bonds. The van der Waals surface area contributed by atoms with Crippen LogP contribution in [0.25, 0.3) is 0 Å². The van der Waals surface area contributed by atoms with E-state index in [0.29, 0.717) is 31.7 Å². The molecule has 0 bridgehead atoms. The van der Waals surface area contributed by atoms with Crippen molar-refractivity contribution >= 4 is 11.5 Å². The Morgan fingerprint density at radius 1 is 1.32 bits per heavy atom. The number of nitrogens with zero attached hydrogens (tertiary/aromatic N) is 2. The monoisotopic (exact) mass is 396 g/mol. The number of hydrogen-bond donors (Lipinski definition) is 0. The minimum atomic E-state index is -4.45. The second-order valence-electron chi connectivity index (χ2n) is 7.02. The van der Waals surface area contributed by atoms with Crippen molar-refractivity contribution in [1.29, 1.82) is 0 Å². The minimum Gasteiger partial charge on any atom is -0.495 e. The first-order valence-electron chi connectivity index (χ1n) is 9.30. The SMILES string of the molecule is C=C(OC)C(=NC)C(C)N1CCC(C(=O)Cc2ccccc2C(F)(F)F)CC1. The highest BCUT2D eigenvalue weighted by atomic mass is 19.4. The lowest BCUT2D eigenvalue weighted by Gasteiger charge is -2.36. The van der Waals surface area contributed by atoms with Crippen LogP contribution >= 0.6 is 0 Å². The van der Waals surface area contributed by atoms with E-state index in [1.54, 1.807) is 14.2 Å². The number of ether oxygens (including phenoxy) is 1. The standard InChI is InChI=1S/C21H27F3N2O2/c1-14(20(25-3)15(2)28-4)26-11-9-16(10-12-26)19(27)13-17-7-5-6-8-18(17)21(22,23)24/h5-8,14,16H,2,9-13H2,1,3-4H3. The summed E-state index contributed by atoms with van der Waals surface area (Å²) in [5, 5.41) is 0. The van der Waals surface area contributed by atoms with Gasteiger partial charge >= 0.3 is 6.18 Å². The topological polar surface area (TPSA) is 41.9 Å². The van der Waals surface area contributed by atoms with Gasteiger partial charge in [0, 0.05) is 19.4 Å². The number of aliphatic imine (C=N–C) groups is 1. The molecule has 0 radical (unpaired) electrons. The van der Waals surface area contributed by atoms with Crippen LogP contribution in [0.2, 0.25) is 0 Å². The summed E-state index contributed by atoms with van der Waals surface area (Å²) in [7, 11) is 3.23. The van der Waals surface area contributed by atoms with Crippen LogP contribution in [-0.4, -0.2) is 49.7 Å². The largest absolute Gasteiger partial charge is 0.495 e. The number of piperidine rings is 1. The summed E-state index contributed by atoms with van der Waals surface area (Å²) >= 11 is 0. The van der Waals surface area contributed by atoms with Gasteiger partial charge in [0.15, 0.2) is 0 Å². The number of rotatable bonds is 7. The molecule has 1 aromatic rings. The van der Waals surface area contributed by atoms with Crippen molar-refractivity contribution in [3.63, 3.8) is 0 Å². The number of carbonyl (C=O) groups is 1. The van der Waals surface area contributed by atoms with Gasteiger partial charge in [-0.15, -0.1) is 0 Å². The molecule has 0 N–H and O–H groups in total. The first kappa shape index (κ1) is 22.1. The molecule has 0 aromatic heterocycles. The van der Waals surface area contributed by atoms with Crippen molar-refractivity contribution in [3.8, 4) is 0 Å². The van der Waals surface area contributed by atoms with Crippen LogP contribution in [0, 0.1) is 5.92 Å². The average molecular weight is 396 g/mol. The van der Waals surface area contributed by atoms with E-state index < -0.39 is 11.7 Å². The molecule has 2 rings (SSSR count). The Morgan fingerprint density at radius 3 is 2.46 bits per heavy atom. The lowest BCUT2D eigenvalue weighted by molar-refractivity contribution is -0.138. The lowest BCUT2D eigenvalue weighted by atomic mass is 9.87. The third kappa shape index (κ3) is 5.22. The van der Waals surface area contributed by atoms with Crippen LogP contribution in [0.1, 0.15) is 30.9 Å². The molecule has 1 heterocycles. The number of halogens is 3. The molecule has 1 atom stereocenters. The van der Waals surface area contributed by atoms with E-state index in [1.807, 2.05) is 6.92 Å². The number of carbonyl (C=O) groups excluding carboxylic acids is 1. The molecule has 4 nitrogen and oxygen atoms in total. The third-order valence-corrected chi connectivity index (χ3v) is 5.39. The Hall–Kier alpha value is -2.15.